The molecule has 2 atom stereocenters. The van der Waals surface area contributed by atoms with Crippen LogP contribution in [0, 0.1) is 11.6 Å². The van der Waals surface area contributed by atoms with Gasteiger partial charge in [0.2, 0.25) is 11.5 Å². The van der Waals surface area contributed by atoms with E-state index in [-0.39, 0.29) is 49.9 Å². The lowest BCUT2D eigenvalue weighted by Gasteiger charge is -2.30. The molecule has 51 heavy (non-hydrogen) atoms. The molecule has 0 saturated heterocycles. The van der Waals surface area contributed by atoms with Crippen LogP contribution >= 0.6 is 11.6 Å². The Hall–Kier alpha value is -5.47. The van der Waals surface area contributed by atoms with Gasteiger partial charge in [0.05, 0.1) is 46.3 Å². The molecule has 0 aliphatic carbocycles. The van der Waals surface area contributed by atoms with E-state index in [0.717, 1.165) is 18.2 Å². The Kier molecular flexibility index (Phi) is 7.47. The Morgan fingerprint density at radius 3 is 2.43 bits per heavy atom. The molecule has 9 nitrogen and oxygen atoms in total. The number of ether oxygens (including phenoxy) is 2. The molecule has 3 N–H and O–H groups in total. The van der Waals surface area contributed by atoms with Crippen molar-refractivity contribution in [1.29, 1.82) is 0 Å². The maximum Gasteiger partial charge on any atom is 0.423 e. The first-order valence-corrected chi connectivity index (χ1v) is 15.5. The number of aromatic nitrogens is 1. The molecule has 2 unspecified atom stereocenters. The lowest BCUT2D eigenvalue weighted by molar-refractivity contribution is -0.258. The number of carbonyl (C=O) groups is 2. The number of aliphatic hydroxyl groups is 1. The first kappa shape index (κ1) is 31.5. The molecule has 2 aliphatic heterocycles. The van der Waals surface area contributed by atoms with Crippen LogP contribution in [0.25, 0.3) is 22.0 Å². The van der Waals surface area contributed by atoms with Crippen molar-refractivity contribution < 1.29 is 48.9 Å². The van der Waals surface area contributed by atoms with Gasteiger partial charge in [-0.05, 0) is 65.7 Å². The number of alkyl halides is 3. The molecule has 5 aromatic rings. The number of hydrogen-bond acceptors (Lipinski definition) is 6. The average molecular weight is 727 g/mol. The van der Waals surface area contributed by atoms with Crippen LogP contribution in [0.2, 0.25) is 5.02 Å². The standard InChI is InChI=1S/C36H26ClF5N4O5/c1-50-19-6-3-17(4-7-19)15-45-32(21-13-18(38)5-9-23(21)37)29-22(14-25-20(30(29)33(45)47)8-12-27(44-25)51-2)28-24(39)10-11-26-31(28)35(49,36(40,41)42)16-46(26)34(43)48/h3-14,32,49H,15-16H2,1-2H3,(H2,43,48)/i16D2. The van der Waals surface area contributed by atoms with Gasteiger partial charge >= 0.3 is 12.2 Å². The summed E-state index contributed by atoms with van der Waals surface area (Å²) in [6.45, 7) is -4.18. The lowest BCUT2D eigenvalue weighted by atomic mass is 9.82. The summed E-state index contributed by atoms with van der Waals surface area (Å²) in [7, 11) is 2.75. The van der Waals surface area contributed by atoms with Gasteiger partial charge < -0.3 is 25.2 Å². The maximum absolute atomic E-state index is 16.6. The van der Waals surface area contributed by atoms with E-state index in [9.17, 15) is 14.7 Å². The van der Waals surface area contributed by atoms with E-state index in [4.69, 9.17) is 29.5 Å². The predicted molar refractivity (Wildman–Crippen MR) is 177 cm³/mol. The Labute approximate surface area is 294 Å². The molecule has 2 aliphatic rings. The van der Waals surface area contributed by atoms with E-state index < -0.39 is 70.3 Å². The molecule has 15 heteroatoms. The number of nitrogens with two attached hydrogens (primary N) is 1. The smallest absolute Gasteiger partial charge is 0.423 e. The zero-order chi connectivity index (χ0) is 38.4. The number of β-amino-alcohol motifs (C(OH)–C–C–N with tert-alkyl or cyclic N) is 1. The molecule has 0 bridgehead atoms. The van der Waals surface area contributed by atoms with Crippen LogP contribution in [0.4, 0.5) is 32.4 Å². The molecule has 4 aromatic carbocycles. The zero-order valence-corrected chi connectivity index (χ0v) is 27.2. The molecule has 7 rings (SSSR count). The second-order valence-corrected chi connectivity index (χ2v) is 12.2. The molecule has 0 radical (unpaired) electrons. The third kappa shape index (κ3) is 5.28. The molecular formula is C36H26ClF5N4O5. The summed E-state index contributed by atoms with van der Waals surface area (Å²) in [5.74, 6) is -2.41. The Bertz CT molecular complexity index is 2360. The van der Waals surface area contributed by atoms with Gasteiger partial charge in [-0.1, -0.05) is 23.7 Å². The second-order valence-electron chi connectivity index (χ2n) is 11.8. The van der Waals surface area contributed by atoms with Crippen molar-refractivity contribution in [2.75, 3.05) is 25.6 Å². The van der Waals surface area contributed by atoms with E-state index in [1.807, 2.05) is 0 Å². The zero-order valence-electron chi connectivity index (χ0n) is 28.5. The lowest BCUT2D eigenvalue weighted by Crippen LogP contribution is -2.48. The van der Waals surface area contributed by atoms with Crippen molar-refractivity contribution >= 4 is 40.1 Å². The first-order chi connectivity index (χ1) is 25.0. The number of benzene rings is 4. The van der Waals surface area contributed by atoms with Gasteiger partial charge in [-0.3, -0.25) is 9.69 Å². The van der Waals surface area contributed by atoms with Crippen molar-refractivity contribution in [3.05, 3.63) is 117 Å². The normalized spacial score (nSPS) is 19.9. The monoisotopic (exact) mass is 726 g/mol. The van der Waals surface area contributed by atoms with Crippen LogP contribution < -0.4 is 20.1 Å². The number of nitrogens with zero attached hydrogens (tertiary/aromatic N) is 3. The SMILES string of the molecule is [2H]C1([2H])N(C(N)=O)c2ccc(F)c(-c3cc4nc(OC)ccc4c4c3C(c3cc(F)ccc3Cl)N(Cc3ccc(OC)cc3)C4=O)c2C1(O)C(F)(F)F. The fraction of sp³-hybridized carbons (Fsp3) is 0.194. The summed E-state index contributed by atoms with van der Waals surface area (Å²) < 4.78 is 104. The summed E-state index contributed by atoms with van der Waals surface area (Å²) in [6.07, 6.45) is -5.87. The van der Waals surface area contributed by atoms with Crippen molar-refractivity contribution in [1.82, 2.24) is 9.88 Å². The highest BCUT2D eigenvalue weighted by atomic mass is 35.5. The topological polar surface area (TPSA) is 118 Å². The van der Waals surface area contributed by atoms with Gasteiger partial charge in [-0.2, -0.15) is 13.2 Å². The van der Waals surface area contributed by atoms with Gasteiger partial charge in [0.1, 0.15) is 17.4 Å². The number of urea groups is 1. The van der Waals surface area contributed by atoms with E-state index in [1.165, 1.54) is 37.3 Å². The number of rotatable bonds is 6. The quantitative estimate of drug-likeness (QED) is 0.178. The number of pyridine rings is 1. The molecule has 0 fully saturated rings. The molecule has 1 aromatic heterocycles. The minimum atomic E-state index is -5.87. The van der Waals surface area contributed by atoms with Gasteiger partial charge in [0.15, 0.2) is 0 Å². The van der Waals surface area contributed by atoms with Gasteiger partial charge in [0, 0.05) is 45.3 Å². The maximum atomic E-state index is 16.6. The second kappa shape index (κ2) is 12.1. The van der Waals surface area contributed by atoms with Crippen LogP contribution in [0.1, 0.15) is 41.4 Å². The summed E-state index contributed by atoms with van der Waals surface area (Å²) in [4.78, 5) is 32.9. The number of carbonyl (C=O) groups excluding carboxylic acids is 2. The van der Waals surface area contributed by atoms with Gasteiger partial charge in [-0.15, -0.1) is 0 Å². The first-order valence-electron chi connectivity index (χ1n) is 16.1. The third-order valence-corrected chi connectivity index (χ3v) is 9.30. The third-order valence-electron chi connectivity index (χ3n) is 8.95. The number of halogens is 6. The van der Waals surface area contributed by atoms with Crippen LogP contribution in [0.15, 0.2) is 72.8 Å². The molecule has 262 valence electrons. The largest absolute Gasteiger partial charge is 0.497 e. The Morgan fingerprint density at radius 2 is 1.78 bits per heavy atom. The molecule has 0 spiro atoms. The minimum absolute atomic E-state index is 0.00968. The van der Waals surface area contributed by atoms with E-state index in [0.29, 0.717) is 23.4 Å². The van der Waals surface area contributed by atoms with E-state index in [2.05, 4.69) is 4.98 Å². The molecule has 3 amide bonds. The molecular weight excluding hydrogens is 699 g/mol. The van der Waals surface area contributed by atoms with Crippen molar-refractivity contribution in [2.45, 2.75) is 24.4 Å². The fourth-order valence-corrected chi connectivity index (χ4v) is 6.92. The summed E-state index contributed by atoms with van der Waals surface area (Å²) >= 11 is 6.66. The highest BCUT2D eigenvalue weighted by molar-refractivity contribution is 6.31. The number of hydrogen-bond donors (Lipinski definition) is 2. The van der Waals surface area contributed by atoms with Gasteiger partial charge in [-0.25, -0.2) is 18.6 Å². The van der Waals surface area contributed by atoms with E-state index in [1.54, 1.807) is 24.3 Å². The highest BCUT2D eigenvalue weighted by Gasteiger charge is 2.62. The number of amides is 3. The number of anilines is 1. The number of fused-ring (bicyclic) bond motifs is 4. The van der Waals surface area contributed by atoms with E-state index >= 15 is 22.0 Å². The minimum Gasteiger partial charge on any atom is -0.497 e. The summed E-state index contributed by atoms with van der Waals surface area (Å²) in [6, 6.07) is 12.1. The Morgan fingerprint density at radius 1 is 1.06 bits per heavy atom. The van der Waals surface area contributed by atoms with Crippen LogP contribution in [0.3, 0.4) is 0 Å². The summed E-state index contributed by atoms with van der Waals surface area (Å²) in [5, 5.41) is 11.6. The molecule has 3 heterocycles. The fourth-order valence-electron chi connectivity index (χ4n) is 6.70. The van der Waals surface area contributed by atoms with Crippen molar-refractivity contribution in [2.24, 2.45) is 5.73 Å². The summed E-state index contributed by atoms with van der Waals surface area (Å²) in [5.41, 5.74) is -2.84. The average Bonchev–Trinajstić information content (AvgIpc) is 3.49. The van der Waals surface area contributed by atoms with Crippen molar-refractivity contribution in [3.8, 4) is 22.8 Å². The van der Waals surface area contributed by atoms with Crippen LogP contribution in [-0.2, 0) is 12.1 Å². The predicted octanol–water partition coefficient (Wildman–Crippen LogP) is 7.24. The van der Waals surface area contributed by atoms with Crippen LogP contribution in [0.5, 0.6) is 11.6 Å². The highest BCUT2D eigenvalue weighted by Crippen LogP contribution is 2.56. The number of methoxy groups -OCH3 is 2. The van der Waals surface area contributed by atoms with Gasteiger partial charge in [0.25, 0.3) is 5.91 Å². The molecule has 0 saturated carbocycles. The number of primary amides is 1. The van der Waals surface area contributed by atoms with Crippen LogP contribution in [-0.4, -0.2) is 53.8 Å². The Balaban J connectivity index is 1.64. The van der Waals surface area contributed by atoms with Crippen molar-refractivity contribution in [3.63, 3.8) is 0 Å².